The van der Waals surface area contributed by atoms with Crippen molar-refractivity contribution in [3.05, 3.63) is 29.8 Å². The largest absolute Gasteiger partial charge is 0.491 e. The third-order valence-corrected chi connectivity index (χ3v) is 4.83. The molecular formula is C20H31NO4. The van der Waals surface area contributed by atoms with Gasteiger partial charge >= 0.3 is 0 Å². The molecule has 25 heavy (non-hydrogen) atoms. The summed E-state index contributed by atoms with van der Waals surface area (Å²) in [6.07, 6.45) is 7.07. The van der Waals surface area contributed by atoms with Gasteiger partial charge in [-0.25, -0.2) is 0 Å². The van der Waals surface area contributed by atoms with Crippen LogP contribution in [0.5, 0.6) is 5.75 Å². The van der Waals surface area contributed by atoms with Crippen molar-refractivity contribution in [1.29, 1.82) is 0 Å². The molecule has 0 radical (unpaired) electrons. The normalized spacial score (nSPS) is 18.7. The second-order valence-electron chi connectivity index (χ2n) is 7.14. The predicted molar refractivity (Wildman–Crippen MR) is 97.5 cm³/mol. The second kappa shape index (κ2) is 9.78. The van der Waals surface area contributed by atoms with E-state index >= 15 is 0 Å². The van der Waals surface area contributed by atoms with Crippen molar-refractivity contribution >= 4 is 5.91 Å². The Kier molecular flexibility index (Phi) is 7.72. The van der Waals surface area contributed by atoms with Crippen LogP contribution in [0.4, 0.5) is 0 Å². The highest BCUT2D eigenvalue weighted by atomic mass is 16.5. The molecule has 1 aromatic carbocycles. The third kappa shape index (κ3) is 7.04. The Morgan fingerprint density at radius 2 is 1.92 bits per heavy atom. The number of ether oxygens (including phenoxy) is 1. The maximum atomic E-state index is 10.9. The number of carbonyl (C=O) groups excluding carboxylic acids is 1. The number of nitrogens with one attached hydrogen (secondary N) is 1. The van der Waals surface area contributed by atoms with Crippen LogP contribution < -0.4 is 10.1 Å². The van der Waals surface area contributed by atoms with Gasteiger partial charge in [0.15, 0.2) is 0 Å². The van der Waals surface area contributed by atoms with Gasteiger partial charge in [0.2, 0.25) is 5.91 Å². The molecule has 0 spiro atoms. The fourth-order valence-electron chi connectivity index (χ4n) is 3.29. The van der Waals surface area contributed by atoms with Crippen molar-refractivity contribution in [3.8, 4) is 5.75 Å². The molecule has 0 saturated heterocycles. The highest BCUT2D eigenvalue weighted by molar-refractivity contribution is 5.72. The first-order chi connectivity index (χ1) is 12.0. The van der Waals surface area contributed by atoms with Gasteiger partial charge in [-0.3, -0.25) is 4.79 Å². The number of rotatable bonds is 7. The molecule has 1 atom stereocenters. The van der Waals surface area contributed by atoms with E-state index in [1.807, 2.05) is 24.3 Å². The van der Waals surface area contributed by atoms with Gasteiger partial charge in [-0.1, -0.05) is 44.2 Å². The van der Waals surface area contributed by atoms with E-state index in [0.717, 1.165) is 31.2 Å². The fourth-order valence-corrected chi connectivity index (χ4v) is 3.29. The van der Waals surface area contributed by atoms with Crippen molar-refractivity contribution in [2.45, 2.75) is 70.0 Å². The lowest BCUT2D eigenvalue weighted by atomic mass is 9.88. The molecule has 0 bridgehead atoms. The lowest BCUT2D eigenvalue weighted by Gasteiger charge is -2.30. The first-order valence-corrected chi connectivity index (χ1v) is 9.36. The van der Waals surface area contributed by atoms with Gasteiger partial charge < -0.3 is 20.3 Å². The van der Waals surface area contributed by atoms with Crippen molar-refractivity contribution in [3.63, 3.8) is 0 Å². The first-order valence-electron chi connectivity index (χ1n) is 9.36. The summed E-state index contributed by atoms with van der Waals surface area (Å²) in [5, 5.41) is 23.7. The zero-order valence-corrected chi connectivity index (χ0v) is 15.2. The molecule has 1 aliphatic rings. The molecule has 140 valence electrons. The number of benzene rings is 1. The fraction of sp³-hybridized carbons (Fsp3) is 0.650. The van der Waals surface area contributed by atoms with E-state index in [2.05, 4.69) is 5.32 Å². The van der Waals surface area contributed by atoms with Gasteiger partial charge in [-0.2, -0.15) is 0 Å². The highest BCUT2D eigenvalue weighted by Gasteiger charge is 2.28. The Labute approximate surface area is 150 Å². The van der Waals surface area contributed by atoms with Crippen LogP contribution in [0.15, 0.2) is 24.3 Å². The molecule has 0 heterocycles. The second-order valence-corrected chi connectivity index (χ2v) is 7.14. The molecule has 3 N–H and O–H groups in total. The van der Waals surface area contributed by atoms with Crippen molar-refractivity contribution < 1.29 is 19.7 Å². The molecule has 1 fully saturated rings. The Morgan fingerprint density at radius 3 is 2.60 bits per heavy atom. The number of aliphatic hydroxyl groups excluding tert-OH is 1. The number of hydrogen-bond acceptors (Lipinski definition) is 4. The summed E-state index contributed by atoms with van der Waals surface area (Å²) < 4.78 is 5.85. The van der Waals surface area contributed by atoms with Crippen molar-refractivity contribution in [2.24, 2.45) is 0 Å². The molecule has 1 amide bonds. The number of carbonyl (C=O) groups is 1. The van der Waals surface area contributed by atoms with Crippen LogP contribution >= 0.6 is 0 Å². The minimum Gasteiger partial charge on any atom is -0.491 e. The van der Waals surface area contributed by atoms with E-state index in [0.29, 0.717) is 25.3 Å². The zero-order valence-electron chi connectivity index (χ0n) is 15.2. The Morgan fingerprint density at radius 1 is 1.24 bits per heavy atom. The SMILES string of the molecule is CC(=O)NCCC(O)c1cccc(OCC2(O)CCCCCCC2)c1. The van der Waals surface area contributed by atoms with E-state index in [1.165, 1.54) is 26.2 Å². The molecule has 5 heteroatoms. The van der Waals surface area contributed by atoms with E-state index in [9.17, 15) is 15.0 Å². The van der Waals surface area contributed by atoms with Crippen LogP contribution in [0.3, 0.4) is 0 Å². The summed E-state index contributed by atoms with van der Waals surface area (Å²) in [4.78, 5) is 10.9. The molecule has 0 aliphatic heterocycles. The Bertz CT molecular complexity index is 538. The number of amides is 1. The van der Waals surface area contributed by atoms with Crippen molar-refractivity contribution in [2.75, 3.05) is 13.2 Å². The monoisotopic (exact) mass is 349 g/mol. The molecule has 0 aromatic heterocycles. The smallest absolute Gasteiger partial charge is 0.216 e. The van der Waals surface area contributed by atoms with E-state index in [4.69, 9.17) is 4.74 Å². The lowest BCUT2D eigenvalue weighted by molar-refractivity contribution is -0.119. The summed E-state index contributed by atoms with van der Waals surface area (Å²) >= 11 is 0. The van der Waals surface area contributed by atoms with E-state index in [-0.39, 0.29) is 5.91 Å². The Balaban J connectivity index is 1.88. The molecule has 2 rings (SSSR count). The van der Waals surface area contributed by atoms with Crippen LogP contribution in [-0.4, -0.2) is 34.9 Å². The van der Waals surface area contributed by atoms with E-state index in [1.54, 1.807) is 0 Å². The lowest BCUT2D eigenvalue weighted by Crippen LogP contribution is -2.36. The predicted octanol–water partition coefficient (Wildman–Crippen LogP) is 3.10. The zero-order chi connectivity index (χ0) is 18.1. The summed E-state index contributed by atoms with van der Waals surface area (Å²) in [6, 6.07) is 7.34. The van der Waals surface area contributed by atoms with Gasteiger partial charge in [0, 0.05) is 13.5 Å². The van der Waals surface area contributed by atoms with E-state index < -0.39 is 11.7 Å². The average molecular weight is 349 g/mol. The van der Waals surface area contributed by atoms with Gasteiger partial charge in [0.25, 0.3) is 0 Å². The topological polar surface area (TPSA) is 78.8 Å². The maximum Gasteiger partial charge on any atom is 0.216 e. The molecular weight excluding hydrogens is 318 g/mol. The molecule has 1 saturated carbocycles. The summed E-state index contributed by atoms with van der Waals surface area (Å²) in [6.45, 7) is 2.18. The van der Waals surface area contributed by atoms with Crippen LogP contribution in [0.2, 0.25) is 0 Å². The van der Waals surface area contributed by atoms with Crippen LogP contribution in [0, 0.1) is 0 Å². The summed E-state index contributed by atoms with van der Waals surface area (Å²) in [5.74, 6) is 0.559. The van der Waals surface area contributed by atoms with Crippen LogP contribution in [-0.2, 0) is 4.79 Å². The van der Waals surface area contributed by atoms with Crippen LogP contribution in [0.25, 0.3) is 0 Å². The Hall–Kier alpha value is -1.59. The highest BCUT2D eigenvalue weighted by Crippen LogP contribution is 2.28. The van der Waals surface area contributed by atoms with Gasteiger partial charge in [0.1, 0.15) is 12.4 Å². The quantitative estimate of drug-likeness (QED) is 0.707. The minimum absolute atomic E-state index is 0.100. The number of aliphatic hydroxyl groups is 2. The summed E-state index contributed by atoms with van der Waals surface area (Å²) in [5.41, 5.74) is 0.00740. The van der Waals surface area contributed by atoms with Gasteiger partial charge in [0.05, 0.1) is 11.7 Å². The van der Waals surface area contributed by atoms with Crippen molar-refractivity contribution in [1.82, 2.24) is 5.32 Å². The molecule has 1 aliphatic carbocycles. The average Bonchev–Trinajstić information content (AvgIpc) is 2.57. The first kappa shape index (κ1) is 19.7. The molecule has 1 unspecified atom stereocenters. The maximum absolute atomic E-state index is 10.9. The van der Waals surface area contributed by atoms with Gasteiger partial charge in [-0.05, 0) is 37.0 Å². The molecule has 5 nitrogen and oxygen atoms in total. The molecule has 1 aromatic rings. The minimum atomic E-state index is -0.750. The third-order valence-electron chi connectivity index (χ3n) is 4.83. The summed E-state index contributed by atoms with van der Waals surface area (Å²) in [7, 11) is 0. The number of hydrogen-bond donors (Lipinski definition) is 3. The standard InChI is InChI=1S/C20H31NO4/c1-16(22)21-13-10-19(23)17-8-7-9-18(14-17)25-15-20(24)11-5-3-2-4-6-12-20/h7-9,14,19,23-24H,2-6,10-13,15H2,1H3,(H,21,22). The van der Waals surface area contributed by atoms with Crippen LogP contribution in [0.1, 0.15) is 70.0 Å². The van der Waals surface area contributed by atoms with Gasteiger partial charge in [-0.15, -0.1) is 0 Å².